The Balaban J connectivity index is 1.73. The van der Waals surface area contributed by atoms with Crippen LogP contribution < -0.4 is 10.6 Å². The Hall–Kier alpha value is -0.580. The number of rotatable bonds is 4. The second-order valence-corrected chi connectivity index (χ2v) is 5.26. The molecule has 2 heterocycles. The van der Waals surface area contributed by atoms with Crippen molar-refractivity contribution in [3.05, 3.63) is 21.3 Å². The molecule has 3 nitrogen and oxygen atoms in total. The van der Waals surface area contributed by atoms with Gasteiger partial charge in [-0.2, -0.15) is 0 Å². The number of carbonyl (C=O) groups excluding carboxylic acids is 1. The third kappa shape index (κ3) is 2.97. The first-order chi connectivity index (χ1) is 7.77. The largest absolute Gasteiger partial charge is 0.351 e. The van der Waals surface area contributed by atoms with Crippen molar-refractivity contribution in [3.8, 4) is 0 Å². The predicted molar refractivity (Wildman–Crippen MR) is 67.3 cm³/mol. The number of hydrogen-bond acceptors (Lipinski definition) is 3. The fraction of sp³-hybridized carbons (Fsp3) is 0.545. The van der Waals surface area contributed by atoms with E-state index in [2.05, 4.69) is 10.6 Å². The molecule has 2 N–H and O–H groups in total. The molecular formula is C11H15ClN2OS. The van der Waals surface area contributed by atoms with Gasteiger partial charge in [-0.3, -0.25) is 4.79 Å². The maximum Gasteiger partial charge on any atom is 0.262 e. The maximum absolute atomic E-state index is 11.7. The van der Waals surface area contributed by atoms with Gasteiger partial charge in [0, 0.05) is 12.6 Å². The van der Waals surface area contributed by atoms with Crippen molar-refractivity contribution in [1.29, 1.82) is 0 Å². The molecule has 2 rings (SSSR count). The molecular weight excluding hydrogens is 244 g/mol. The lowest BCUT2D eigenvalue weighted by molar-refractivity contribution is 0.0956. The lowest BCUT2D eigenvalue weighted by Gasteiger charge is -2.10. The number of amides is 1. The summed E-state index contributed by atoms with van der Waals surface area (Å²) >= 11 is 7.26. The molecule has 0 bridgehead atoms. The quantitative estimate of drug-likeness (QED) is 0.870. The fourth-order valence-electron chi connectivity index (χ4n) is 1.90. The second-order valence-electron chi connectivity index (χ2n) is 3.94. The molecule has 0 aliphatic carbocycles. The van der Waals surface area contributed by atoms with E-state index in [0.717, 1.165) is 13.0 Å². The van der Waals surface area contributed by atoms with E-state index >= 15 is 0 Å². The molecule has 1 fully saturated rings. The summed E-state index contributed by atoms with van der Waals surface area (Å²) in [5.41, 5.74) is 0. The summed E-state index contributed by atoms with van der Waals surface area (Å²) < 4.78 is 0. The van der Waals surface area contributed by atoms with Gasteiger partial charge in [0.1, 0.15) is 4.88 Å². The highest BCUT2D eigenvalue weighted by atomic mass is 35.5. The molecule has 1 amide bonds. The summed E-state index contributed by atoms with van der Waals surface area (Å²) in [6.07, 6.45) is 3.46. The SMILES string of the molecule is O=C(NCCC1CCCN1)c1sccc1Cl. The van der Waals surface area contributed by atoms with Crippen LogP contribution in [0.3, 0.4) is 0 Å². The van der Waals surface area contributed by atoms with Gasteiger partial charge >= 0.3 is 0 Å². The summed E-state index contributed by atoms with van der Waals surface area (Å²) in [5.74, 6) is -0.0574. The van der Waals surface area contributed by atoms with Crippen LogP contribution in [-0.4, -0.2) is 25.0 Å². The molecule has 0 spiro atoms. The topological polar surface area (TPSA) is 41.1 Å². The highest BCUT2D eigenvalue weighted by molar-refractivity contribution is 7.12. The zero-order valence-electron chi connectivity index (χ0n) is 8.96. The number of thiophene rings is 1. The van der Waals surface area contributed by atoms with E-state index in [4.69, 9.17) is 11.6 Å². The minimum atomic E-state index is -0.0574. The summed E-state index contributed by atoms with van der Waals surface area (Å²) in [7, 11) is 0. The summed E-state index contributed by atoms with van der Waals surface area (Å²) in [4.78, 5) is 12.3. The van der Waals surface area contributed by atoms with Crippen LogP contribution in [-0.2, 0) is 0 Å². The zero-order chi connectivity index (χ0) is 11.4. The fourth-order valence-corrected chi connectivity index (χ4v) is 2.96. The van der Waals surface area contributed by atoms with E-state index < -0.39 is 0 Å². The highest BCUT2D eigenvalue weighted by Gasteiger charge is 2.15. The Morgan fingerprint density at radius 1 is 1.69 bits per heavy atom. The Kier molecular flexibility index (Phi) is 4.21. The van der Waals surface area contributed by atoms with Gasteiger partial charge in [0.05, 0.1) is 5.02 Å². The number of hydrogen-bond donors (Lipinski definition) is 2. The average molecular weight is 259 g/mol. The molecule has 1 atom stereocenters. The van der Waals surface area contributed by atoms with Gasteiger partial charge in [0.2, 0.25) is 0 Å². The van der Waals surface area contributed by atoms with Crippen molar-refractivity contribution in [2.45, 2.75) is 25.3 Å². The van der Waals surface area contributed by atoms with Crippen LogP contribution in [0.2, 0.25) is 5.02 Å². The van der Waals surface area contributed by atoms with Crippen LogP contribution in [0, 0.1) is 0 Å². The van der Waals surface area contributed by atoms with Crippen molar-refractivity contribution >= 4 is 28.8 Å². The molecule has 16 heavy (non-hydrogen) atoms. The second kappa shape index (κ2) is 5.66. The Bertz CT molecular complexity index is 361. The summed E-state index contributed by atoms with van der Waals surface area (Å²) in [6.45, 7) is 1.82. The Morgan fingerprint density at radius 2 is 2.56 bits per heavy atom. The average Bonchev–Trinajstić information content (AvgIpc) is 2.88. The molecule has 5 heteroatoms. The first-order valence-corrected chi connectivity index (χ1v) is 6.77. The smallest absolute Gasteiger partial charge is 0.262 e. The first kappa shape index (κ1) is 11.9. The van der Waals surface area contributed by atoms with Crippen molar-refractivity contribution in [2.75, 3.05) is 13.1 Å². The van der Waals surface area contributed by atoms with Crippen molar-refractivity contribution < 1.29 is 4.79 Å². The van der Waals surface area contributed by atoms with E-state index in [1.807, 2.05) is 5.38 Å². The van der Waals surface area contributed by atoms with Crippen LogP contribution >= 0.6 is 22.9 Å². The monoisotopic (exact) mass is 258 g/mol. The summed E-state index contributed by atoms with van der Waals surface area (Å²) in [5, 5.41) is 8.67. The van der Waals surface area contributed by atoms with Gasteiger partial charge in [-0.05, 0) is 37.3 Å². The van der Waals surface area contributed by atoms with Gasteiger partial charge in [-0.25, -0.2) is 0 Å². The van der Waals surface area contributed by atoms with Crippen LogP contribution in [0.25, 0.3) is 0 Å². The van der Waals surface area contributed by atoms with Crippen molar-refractivity contribution in [3.63, 3.8) is 0 Å². The molecule has 0 radical (unpaired) electrons. The van der Waals surface area contributed by atoms with E-state index in [9.17, 15) is 4.79 Å². The molecule has 1 saturated heterocycles. The van der Waals surface area contributed by atoms with E-state index in [1.165, 1.54) is 24.2 Å². The standard InChI is InChI=1S/C11H15ClN2OS/c12-9-4-7-16-10(9)11(15)14-6-3-8-2-1-5-13-8/h4,7-8,13H,1-3,5-6H2,(H,14,15). The van der Waals surface area contributed by atoms with Gasteiger partial charge < -0.3 is 10.6 Å². The lowest BCUT2D eigenvalue weighted by atomic mass is 10.1. The zero-order valence-corrected chi connectivity index (χ0v) is 10.5. The van der Waals surface area contributed by atoms with Gasteiger partial charge in [0.25, 0.3) is 5.91 Å². The Morgan fingerprint density at radius 3 is 3.19 bits per heavy atom. The van der Waals surface area contributed by atoms with Crippen molar-refractivity contribution in [1.82, 2.24) is 10.6 Å². The third-order valence-corrected chi connectivity index (χ3v) is 4.10. The number of nitrogens with one attached hydrogen (secondary N) is 2. The molecule has 0 saturated carbocycles. The Labute approximate surface area is 104 Å². The summed E-state index contributed by atoms with van der Waals surface area (Å²) in [6, 6.07) is 2.32. The van der Waals surface area contributed by atoms with Gasteiger partial charge in [0.15, 0.2) is 0 Å². The highest BCUT2D eigenvalue weighted by Crippen LogP contribution is 2.21. The van der Waals surface area contributed by atoms with E-state index in [-0.39, 0.29) is 5.91 Å². The van der Waals surface area contributed by atoms with E-state index in [0.29, 0.717) is 22.5 Å². The third-order valence-electron chi connectivity index (χ3n) is 2.76. The van der Waals surface area contributed by atoms with Crippen LogP contribution in [0.5, 0.6) is 0 Å². The van der Waals surface area contributed by atoms with Crippen molar-refractivity contribution in [2.24, 2.45) is 0 Å². The van der Waals surface area contributed by atoms with E-state index in [1.54, 1.807) is 6.07 Å². The predicted octanol–water partition coefficient (Wildman–Crippen LogP) is 2.27. The molecule has 1 aliphatic heterocycles. The van der Waals surface area contributed by atoms with Crippen LogP contribution in [0.15, 0.2) is 11.4 Å². The molecule has 1 aromatic heterocycles. The lowest BCUT2D eigenvalue weighted by Crippen LogP contribution is -2.30. The molecule has 1 unspecified atom stereocenters. The van der Waals surface area contributed by atoms with Crippen LogP contribution in [0.1, 0.15) is 28.9 Å². The minimum absolute atomic E-state index is 0.0574. The normalized spacial score (nSPS) is 19.9. The maximum atomic E-state index is 11.7. The van der Waals surface area contributed by atoms with Crippen LogP contribution in [0.4, 0.5) is 0 Å². The molecule has 1 aliphatic rings. The minimum Gasteiger partial charge on any atom is -0.351 e. The first-order valence-electron chi connectivity index (χ1n) is 5.52. The number of halogens is 1. The number of carbonyl (C=O) groups is 1. The molecule has 0 aromatic carbocycles. The molecule has 1 aromatic rings. The molecule has 88 valence electrons. The van der Waals surface area contributed by atoms with Gasteiger partial charge in [-0.1, -0.05) is 11.6 Å². The van der Waals surface area contributed by atoms with Gasteiger partial charge in [-0.15, -0.1) is 11.3 Å².